The molecule has 1 aliphatic heterocycles. The van der Waals surface area contributed by atoms with Crippen LogP contribution in [-0.2, 0) is 9.47 Å². The van der Waals surface area contributed by atoms with Crippen molar-refractivity contribution in [2.75, 3.05) is 66.7 Å². The molecule has 2 N–H and O–H groups in total. The minimum Gasteiger partial charge on any atom is -0.381 e. The lowest BCUT2D eigenvalue weighted by atomic mass is 10.1. The molecule has 130 valence electrons. The van der Waals surface area contributed by atoms with E-state index in [9.17, 15) is 0 Å². The summed E-state index contributed by atoms with van der Waals surface area (Å²) < 4.78 is 11.0. The molecule has 0 aliphatic carbocycles. The van der Waals surface area contributed by atoms with E-state index in [-0.39, 0.29) is 0 Å². The van der Waals surface area contributed by atoms with Crippen LogP contribution in [-0.4, -0.2) is 77.6 Å². The first-order valence-corrected chi connectivity index (χ1v) is 8.54. The first-order chi connectivity index (χ1) is 10.7. The molecule has 1 saturated heterocycles. The van der Waals surface area contributed by atoms with Gasteiger partial charge in [-0.1, -0.05) is 0 Å². The van der Waals surface area contributed by atoms with Crippen LogP contribution >= 0.6 is 0 Å². The first-order valence-electron chi connectivity index (χ1n) is 8.54. The summed E-state index contributed by atoms with van der Waals surface area (Å²) in [6, 6.07) is 0. The lowest BCUT2D eigenvalue weighted by molar-refractivity contribution is 0.0893. The fraction of sp³-hybridized carbons (Fsp3) is 0.938. The second kappa shape index (κ2) is 12.7. The van der Waals surface area contributed by atoms with E-state index in [4.69, 9.17) is 9.47 Å². The summed E-state index contributed by atoms with van der Waals surface area (Å²) in [5.74, 6) is 1.50. The van der Waals surface area contributed by atoms with Crippen LogP contribution in [0.1, 0.15) is 26.2 Å². The van der Waals surface area contributed by atoms with Gasteiger partial charge < -0.3 is 25.0 Å². The fourth-order valence-electron chi connectivity index (χ4n) is 2.27. The van der Waals surface area contributed by atoms with Crippen molar-refractivity contribution < 1.29 is 9.47 Å². The maximum atomic E-state index is 5.69. The van der Waals surface area contributed by atoms with E-state index < -0.39 is 0 Å². The molecule has 1 rings (SSSR count). The maximum Gasteiger partial charge on any atom is 0.191 e. The predicted molar refractivity (Wildman–Crippen MR) is 91.5 cm³/mol. The molecular weight excluding hydrogens is 280 g/mol. The van der Waals surface area contributed by atoms with Crippen LogP contribution in [0, 0.1) is 5.92 Å². The van der Waals surface area contributed by atoms with Gasteiger partial charge in [-0.25, -0.2) is 0 Å². The molecule has 1 aliphatic rings. The molecule has 1 fully saturated rings. The molecule has 0 aromatic rings. The quantitative estimate of drug-likeness (QED) is 0.338. The Morgan fingerprint density at radius 1 is 1.32 bits per heavy atom. The van der Waals surface area contributed by atoms with Crippen LogP contribution in [0.25, 0.3) is 0 Å². The van der Waals surface area contributed by atoms with Crippen LogP contribution in [0.5, 0.6) is 0 Å². The van der Waals surface area contributed by atoms with Gasteiger partial charge in [0, 0.05) is 38.8 Å². The SMILES string of the molecule is CCNC(=NCCCOCC1CCOC1)NCCCN(C)C. The second-order valence-corrected chi connectivity index (χ2v) is 6.00. The van der Waals surface area contributed by atoms with Gasteiger partial charge in [-0.05, 0) is 46.8 Å². The van der Waals surface area contributed by atoms with Gasteiger partial charge in [0.1, 0.15) is 0 Å². The van der Waals surface area contributed by atoms with Gasteiger partial charge in [0.2, 0.25) is 0 Å². The van der Waals surface area contributed by atoms with Crippen molar-refractivity contribution in [2.45, 2.75) is 26.2 Å². The fourth-order valence-corrected chi connectivity index (χ4v) is 2.27. The highest BCUT2D eigenvalue weighted by Crippen LogP contribution is 2.12. The molecule has 6 nitrogen and oxygen atoms in total. The van der Waals surface area contributed by atoms with E-state index >= 15 is 0 Å². The van der Waals surface area contributed by atoms with E-state index in [1.54, 1.807) is 0 Å². The molecule has 0 bridgehead atoms. The Kier molecular flexibility index (Phi) is 11.1. The molecule has 1 heterocycles. The number of nitrogens with one attached hydrogen (secondary N) is 2. The van der Waals surface area contributed by atoms with E-state index in [1.165, 1.54) is 0 Å². The van der Waals surface area contributed by atoms with Crippen molar-refractivity contribution in [1.82, 2.24) is 15.5 Å². The van der Waals surface area contributed by atoms with E-state index in [2.05, 4.69) is 41.5 Å². The number of hydrogen-bond donors (Lipinski definition) is 2. The topological polar surface area (TPSA) is 58.1 Å². The molecule has 0 saturated carbocycles. The Hall–Kier alpha value is -0.850. The summed E-state index contributed by atoms with van der Waals surface area (Å²) in [5.41, 5.74) is 0. The molecule has 6 heteroatoms. The maximum absolute atomic E-state index is 5.69. The molecule has 22 heavy (non-hydrogen) atoms. The van der Waals surface area contributed by atoms with E-state index in [0.717, 1.165) is 77.8 Å². The Labute approximate surface area is 135 Å². The zero-order chi connectivity index (χ0) is 16.0. The lowest BCUT2D eigenvalue weighted by Gasteiger charge is -2.13. The molecule has 0 aromatic heterocycles. The highest BCUT2D eigenvalue weighted by molar-refractivity contribution is 5.79. The average molecular weight is 314 g/mol. The van der Waals surface area contributed by atoms with Gasteiger partial charge in [-0.15, -0.1) is 0 Å². The lowest BCUT2D eigenvalue weighted by Crippen LogP contribution is -2.38. The zero-order valence-corrected chi connectivity index (χ0v) is 14.6. The van der Waals surface area contributed by atoms with Gasteiger partial charge in [0.25, 0.3) is 0 Å². The third kappa shape index (κ3) is 9.97. The van der Waals surface area contributed by atoms with Crippen LogP contribution in [0.3, 0.4) is 0 Å². The van der Waals surface area contributed by atoms with Gasteiger partial charge >= 0.3 is 0 Å². The third-order valence-corrected chi connectivity index (χ3v) is 3.51. The van der Waals surface area contributed by atoms with Gasteiger partial charge in [-0.2, -0.15) is 0 Å². The van der Waals surface area contributed by atoms with Gasteiger partial charge in [0.05, 0.1) is 13.2 Å². The average Bonchev–Trinajstić information content (AvgIpc) is 3.00. The Morgan fingerprint density at radius 3 is 2.86 bits per heavy atom. The molecule has 0 radical (unpaired) electrons. The molecule has 1 unspecified atom stereocenters. The summed E-state index contributed by atoms with van der Waals surface area (Å²) in [5, 5.41) is 6.64. The molecule has 0 spiro atoms. The third-order valence-electron chi connectivity index (χ3n) is 3.51. The smallest absolute Gasteiger partial charge is 0.191 e. The standard InChI is InChI=1S/C16H34N4O2/c1-4-17-16(18-8-5-10-20(2)3)19-9-6-11-21-13-15-7-12-22-14-15/h15H,4-14H2,1-3H3,(H2,17,18,19). The molecular formula is C16H34N4O2. The van der Waals surface area contributed by atoms with Crippen molar-refractivity contribution in [3.63, 3.8) is 0 Å². The number of guanidine groups is 1. The number of nitrogens with zero attached hydrogens (tertiary/aromatic N) is 2. The summed E-state index contributed by atoms with van der Waals surface area (Å²) in [6.45, 7) is 9.16. The Balaban J connectivity index is 2.04. The number of rotatable bonds is 11. The van der Waals surface area contributed by atoms with Crippen LogP contribution in [0.15, 0.2) is 4.99 Å². The van der Waals surface area contributed by atoms with Crippen molar-refractivity contribution in [2.24, 2.45) is 10.9 Å². The Bertz CT molecular complexity index is 292. The zero-order valence-electron chi connectivity index (χ0n) is 14.6. The van der Waals surface area contributed by atoms with Crippen molar-refractivity contribution >= 4 is 5.96 Å². The monoisotopic (exact) mass is 314 g/mol. The minimum absolute atomic E-state index is 0.596. The minimum atomic E-state index is 0.596. The summed E-state index contributed by atoms with van der Waals surface area (Å²) >= 11 is 0. The molecule has 0 aromatic carbocycles. The number of aliphatic imine (C=N–C) groups is 1. The van der Waals surface area contributed by atoms with Crippen molar-refractivity contribution in [3.05, 3.63) is 0 Å². The van der Waals surface area contributed by atoms with Crippen LogP contribution in [0.2, 0.25) is 0 Å². The predicted octanol–water partition coefficient (Wildman–Crippen LogP) is 0.936. The number of ether oxygens (including phenoxy) is 2. The highest BCUT2D eigenvalue weighted by atomic mass is 16.5. The highest BCUT2D eigenvalue weighted by Gasteiger charge is 2.15. The van der Waals surface area contributed by atoms with Gasteiger partial charge in [0.15, 0.2) is 5.96 Å². The van der Waals surface area contributed by atoms with E-state index in [0.29, 0.717) is 5.92 Å². The van der Waals surface area contributed by atoms with Crippen LogP contribution < -0.4 is 10.6 Å². The first kappa shape index (κ1) is 19.2. The summed E-state index contributed by atoms with van der Waals surface area (Å²) in [6.07, 6.45) is 3.21. The van der Waals surface area contributed by atoms with E-state index in [1.807, 2.05) is 0 Å². The number of hydrogen-bond acceptors (Lipinski definition) is 4. The van der Waals surface area contributed by atoms with Crippen molar-refractivity contribution in [1.29, 1.82) is 0 Å². The summed E-state index contributed by atoms with van der Waals surface area (Å²) in [4.78, 5) is 6.77. The Morgan fingerprint density at radius 2 is 2.18 bits per heavy atom. The van der Waals surface area contributed by atoms with Crippen molar-refractivity contribution in [3.8, 4) is 0 Å². The molecule has 0 amide bonds. The van der Waals surface area contributed by atoms with Crippen LogP contribution in [0.4, 0.5) is 0 Å². The van der Waals surface area contributed by atoms with Gasteiger partial charge in [-0.3, -0.25) is 4.99 Å². The summed E-state index contributed by atoms with van der Waals surface area (Å²) in [7, 11) is 4.19. The largest absolute Gasteiger partial charge is 0.381 e. The molecule has 1 atom stereocenters. The normalized spacial score (nSPS) is 18.9. The second-order valence-electron chi connectivity index (χ2n) is 6.00.